The highest BCUT2D eigenvalue weighted by atomic mass is 79.9. The molecule has 0 bridgehead atoms. The molecule has 0 amide bonds. The smallest absolute Gasteiger partial charge is 0.347 e. The van der Waals surface area contributed by atoms with Crippen molar-refractivity contribution >= 4 is 21.9 Å². The van der Waals surface area contributed by atoms with E-state index in [0.717, 1.165) is 0 Å². The van der Waals surface area contributed by atoms with Crippen molar-refractivity contribution in [1.82, 2.24) is 0 Å². The summed E-state index contributed by atoms with van der Waals surface area (Å²) in [5.74, 6) is -0.685. The van der Waals surface area contributed by atoms with Gasteiger partial charge < -0.3 is 9.84 Å². The van der Waals surface area contributed by atoms with Crippen LogP contribution in [0.4, 0.5) is 0 Å². The van der Waals surface area contributed by atoms with Gasteiger partial charge in [0.1, 0.15) is 0 Å². The number of halogens is 1. The molecule has 2 rings (SSSR count). The van der Waals surface area contributed by atoms with E-state index in [4.69, 9.17) is 4.74 Å². The first kappa shape index (κ1) is 15.7. The first-order valence-corrected chi connectivity index (χ1v) is 7.49. The third-order valence-corrected chi connectivity index (χ3v) is 3.78. The Balaban J connectivity index is 2.60. The summed E-state index contributed by atoms with van der Waals surface area (Å²) in [6, 6.07) is 15.9. The Morgan fingerprint density at radius 1 is 1.10 bits per heavy atom. The molecular formula is C17H17BrO3. The van der Waals surface area contributed by atoms with Gasteiger partial charge in [0.05, 0.1) is 6.10 Å². The first-order valence-electron chi connectivity index (χ1n) is 6.70. The van der Waals surface area contributed by atoms with Gasteiger partial charge in [-0.3, -0.25) is 0 Å². The fourth-order valence-electron chi connectivity index (χ4n) is 2.12. The van der Waals surface area contributed by atoms with Crippen molar-refractivity contribution in [2.75, 3.05) is 0 Å². The Bertz CT molecular complexity index is 625. The van der Waals surface area contributed by atoms with Gasteiger partial charge in [0.15, 0.2) is 0 Å². The molecule has 0 saturated carbocycles. The largest absolute Gasteiger partial charge is 0.460 e. The van der Waals surface area contributed by atoms with E-state index in [1.165, 1.54) is 0 Å². The number of rotatable bonds is 4. The van der Waals surface area contributed by atoms with Gasteiger partial charge in [-0.1, -0.05) is 64.5 Å². The van der Waals surface area contributed by atoms with Crippen LogP contribution in [-0.2, 0) is 15.1 Å². The van der Waals surface area contributed by atoms with Crippen LogP contribution in [-0.4, -0.2) is 17.2 Å². The molecule has 0 heterocycles. The molecular weight excluding hydrogens is 332 g/mol. The van der Waals surface area contributed by atoms with Crippen molar-refractivity contribution in [3.05, 3.63) is 70.2 Å². The highest BCUT2D eigenvalue weighted by Crippen LogP contribution is 2.35. The van der Waals surface area contributed by atoms with E-state index in [9.17, 15) is 9.90 Å². The predicted octanol–water partition coefficient (Wildman–Crippen LogP) is 3.64. The molecule has 0 spiro atoms. The molecule has 0 fully saturated rings. The lowest BCUT2D eigenvalue weighted by atomic mass is 9.86. The highest BCUT2D eigenvalue weighted by Gasteiger charge is 2.43. The quantitative estimate of drug-likeness (QED) is 0.858. The molecule has 3 nitrogen and oxygen atoms in total. The first-order chi connectivity index (χ1) is 9.96. The topological polar surface area (TPSA) is 46.5 Å². The van der Waals surface area contributed by atoms with Gasteiger partial charge >= 0.3 is 5.97 Å². The van der Waals surface area contributed by atoms with Gasteiger partial charge in [0.2, 0.25) is 5.60 Å². The van der Waals surface area contributed by atoms with Gasteiger partial charge in [-0.05, 0) is 25.5 Å². The van der Waals surface area contributed by atoms with Crippen LogP contribution < -0.4 is 0 Å². The minimum absolute atomic E-state index is 0.310. The van der Waals surface area contributed by atoms with E-state index < -0.39 is 11.6 Å². The second-order valence-electron chi connectivity index (χ2n) is 5.01. The monoisotopic (exact) mass is 348 g/mol. The summed E-state index contributed by atoms with van der Waals surface area (Å²) in [7, 11) is 0. The molecule has 0 radical (unpaired) electrons. The van der Waals surface area contributed by atoms with Crippen LogP contribution in [0.2, 0.25) is 0 Å². The number of hydrogen-bond acceptors (Lipinski definition) is 3. The number of benzene rings is 2. The number of carbonyl (C=O) groups is 1. The Morgan fingerprint density at radius 3 is 2.24 bits per heavy atom. The number of aliphatic hydroxyl groups is 1. The lowest BCUT2D eigenvalue weighted by molar-refractivity contribution is -0.166. The van der Waals surface area contributed by atoms with Crippen LogP contribution >= 0.6 is 15.9 Å². The third-order valence-electron chi connectivity index (χ3n) is 3.09. The van der Waals surface area contributed by atoms with Crippen molar-refractivity contribution in [2.45, 2.75) is 25.6 Å². The normalized spacial score (nSPS) is 13.8. The second kappa shape index (κ2) is 6.41. The lowest BCUT2D eigenvalue weighted by Crippen LogP contribution is -2.40. The molecule has 0 saturated heterocycles. The molecule has 2 aromatic carbocycles. The molecule has 1 N–H and O–H groups in total. The van der Waals surface area contributed by atoms with Gasteiger partial charge in [0.25, 0.3) is 0 Å². The summed E-state index contributed by atoms with van der Waals surface area (Å²) in [4.78, 5) is 12.5. The molecule has 21 heavy (non-hydrogen) atoms. The van der Waals surface area contributed by atoms with Crippen molar-refractivity contribution in [3.8, 4) is 0 Å². The van der Waals surface area contributed by atoms with E-state index in [0.29, 0.717) is 15.6 Å². The summed E-state index contributed by atoms with van der Waals surface area (Å²) in [5, 5.41) is 11.1. The Hall–Kier alpha value is -1.65. The molecule has 110 valence electrons. The molecule has 2 aromatic rings. The Morgan fingerprint density at radius 2 is 1.67 bits per heavy atom. The zero-order chi connectivity index (χ0) is 15.5. The summed E-state index contributed by atoms with van der Waals surface area (Å²) < 4.78 is 5.92. The zero-order valence-electron chi connectivity index (χ0n) is 11.9. The molecule has 4 heteroatoms. The van der Waals surface area contributed by atoms with Gasteiger partial charge in [0, 0.05) is 10.0 Å². The van der Waals surface area contributed by atoms with Crippen LogP contribution in [0.15, 0.2) is 59.1 Å². The summed E-state index contributed by atoms with van der Waals surface area (Å²) in [5.41, 5.74) is -0.907. The SMILES string of the molecule is CC(C)OC(=O)C(O)(c1ccccc1)c1ccccc1Br. The minimum Gasteiger partial charge on any atom is -0.460 e. The van der Waals surface area contributed by atoms with Crippen LogP contribution in [0, 0.1) is 0 Å². The van der Waals surface area contributed by atoms with E-state index in [-0.39, 0.29) is 6.10 Å². The Kier molecular flexibility index (Phi) is 4.80. The third kappa shape index (κ3) is 3.17. The number of ether oxygens (including phenoxy) is 1. The number of esters is 1. The van der Waals surface area contributed by atoms with E-state index >= 15 is 0 Å². The maximum Gasteiger partial charge on any atom is 0.347 e. The van der Waals surface area contributed by atoms with Gasteiger partial charge in [-0.2, -0.15) is 0 Å². The van der Waals surface area contributed by atoms with Crippen molar-refractivity contribution in [2.24, 2.45) is 0 Å². The molecule has 1 atom stereocenters. The maximum absolute atomic E-state index is 12.5. The van der Waals surface area contributed by atoms with Crippen LogP contribution in [0.5, 0.6) is 0 Å². The van der Waals surface area contributed by atoms with E-state index in [2.05, 4.69) is 15.9 Å². The van der Waals surface area contributed by atoms with Crippen LogP contribution in [0.3, 0.4) is 0 Å². The summed E-state index contributed by atoms with van der Waals surface area (Å²) in [6.07, 6.45) is -0.310. The Labute approximate surface area is 132 Å². The number of carbonyl (C=O) groups excluding carboxylic acids is 1. The second-order valence-corrected chi connectivity index (χ2v) is 5.86. The summed E-state index contributed by atoms with van der Waals surface area (Å²) >= 11 is 3.40. The number of hydrogen-bond donors (Lipinski definition) is 1. The average Bonchev–Trinajstić information content (AvgIpc) is 2.47. The fourth-order valence-corrected chi connectivity index (χ4v) is 2.69. The van der Waals surface area contributed by atoms with Crippen molar-refractivity contribution < 1.29 is 14.6 Å². The van der Waals surface area contributed by atoms with Crippen molar-refractivity contribution in [1.29, 1.82) is 0 Å². The lowest BCUT2D eigenvalue weighted by Gasteiger charge is -2.28. The molecule has 0 aliphatic rings. The summed E-state index contributed by atoms with van der Waals surface area (Å²) in [6.45, 7) is 3.51. The van der Waals surface area contributed by atoms with Crippen LogP contribution in [0.1, 0.15) is 25.0 Å². The minimum atomic E-state index is -1.84. The molecule has 0 aliphatic carbocycles. The van der Waals surface area contributed by atoms with Crippen molar-refractivity contribution in [3.63, 3.8) is 0 Å². The molecule has 1 unspecified atom stereocenters. The highest BCUT2D eigenvalue weighted by molar-refractivity contribution is 9.10. The van der Waals surface area contributed by atoms with E-state index in [1.807, 2.05) is 12.1 Å². The molecule has 0 aromatic heterocycles. The standard InChI is InChI=1S/C17H17BrO3/c1-12(2)21-16(19)17(20,13-8-4-3-5-9-13)14-10-6-7-11-15(14)18/h3-12,20H,1-2H3. The van der Waals surface area contributed by atoms with Gasteiger partial charge in [-0.25, -0.2) is 4.79 Å². The van der Waals surface area contributed by atoms with Gasteiger partial charge in [-0.15, -0.1) is 0 Å². The predicted molar refractivity (Wildman–Crippen MR) is 84.8 cm³/mol. The fraction of sp³-hybridized carbons (Fsp3) is 0.235. The van der Waals surface area contributed by atoms with E-state index in [1.54, 1.807) is 56.3 Å². The van der Waals surface area contributed by atoms with Crippen LogP contribution in [0.25, 0.3) is 0 Å². The average molecular weight is 349 g/mol. The maximum atomic E-state index is 12.5. The zero-order valence-corrected chi connectivity index (χ0v) is 13.5. The molecule has 0 aliphatic heterocycles.